The molecule has 5 fully saturated rings. The lowest BCUT2D eigenvalue weighted by Gasteiger charge is -2.54. The first-order valence-corrected chi connectivity index (χ1v) is 13.5. The fourth-order valence-corrected chi connectivity index (χ4v) is 7.04. The van der Waals surface area contributed by atoms with E-state index in [9.17, 15) is 25.2 Å². The smallest absolute Gasteiger partial charge is 0.220 e. The van der Waals surface area contributed by atoms with Crippen molar-refractivity contribution in [3.8, 4) is 0 Å². The van der Waals surface area contributed by atoms with Gasteiger partial charge in [0.1, 0.15) is 30.1 Å². The van der Waals surface area contributed by atoms with Gasteiger partial charge in [0.05, 0.1) is 19.4 Å². The first-order valence-electron chi connectivity index (χ1n) is 13.5. The zero-order chi connectivity index (χ0) is 25.2. The lowest BCUT2D eigenvalue weighted by molar-refractivity contribution is -0.304. The van der Waals surface area contributed by atoms with Crippen molar-refractivity contribution >= 4 is 5.91 Å². The number of carbonyl (C=O) groups is 1. The van der Waals surface area contributed by atoms with Gasteiger partial charge < -0.3 is 35.2 Å². The zero-order valence-electron chi connectivity index (χ0n) is 20.7. The van der Waals surface area contributed by atoms with E-state index in [1.54, 1.807) is 10.9 Å². The Labute approximate surface area is 211 Å². The lowest BCUT2D eigenvalue weighted by Crippen LogP contribution is -2.59. The second-order valence-electron chi connectivity index (χ2n) is 11.3. The number of aryl methyl sites for hydroxylation is 1. The van der Waals surface area contributed by atoms with E-state index in [-0.39, 0.29) is 12.5 Å². The third kappa shape index (κ3) is 5.76. The van der Waals surface area contributed by atoms with Crippen LogP contribution in [0.3, 0.4) is 0 Å². The van der Waals surface area contributed by atoms with Crippen molar-refractivity contribution in [1.29, 1.82) is 0 Å². The lowest BCUT2D eigenvalue weighted by atomic mass is 9.54. The Bertz CT molecular complexity index is 852. The molecule has 1 saturated heterocycles. The van der Waals surface area contributed by atoms with E-state index in [1.807, 2.05) is 0 Å². The molecular formula is C25H40N4O7. The summed E-state index contributed by atoms with van der Waals surface area (Å²) < 4.78 is 12.5. The van der Waals surface area contributed by atoms with Gasteiger partial charge in [-0.25, -0.2) is 0 Å². The number of aliphatic hydroxyl groups excluding tert-OH is 4. The van der Waals surface area contributed by atoms with Crippen molar-refractivity contribution in [3.63, 3.8) is 0 Å². The zero-order valence-corrected chi connectivity index (χ0v) is 20.7. The van der Waals surface area contributed by atoms with Crippen LogP contribution in [-0.2, 0) is 27.4 Å². The van der Waals surface area contributed by atoms with Gasteiger partial charge in [0, 0.05) is 19.0 Å². The number of nitrogens with one attached hydrogen (secondary N) is 1. The van der Waals surface area contributed by atoms with Crippen LogP contribution in [0.2, 0.25) is 0 Å². The maximum absolute atomic E-state index is 12.6. The number of carbonyl (C=O) groups excluding carboxylic acids is 1. The highest BCUT2D eigenvalue weighted by Gasteiger charge is 2.48. The topological polar surface area (TPSA) is 159 Å². The SMILES string of the molecule is O=C(CCCCCn1cc(CO[C@@H]2O[C@H](CO)[C@H](O)[C@H](O)[C@H]2O)nn1)NC1C2CC3CC(C2)CC1C3. The van der Waals surface area contributed by atoms with Gasteiger partial charge in [-0.3, -0.25) is 9.48 Å². The normalized spacial score (nSPS) is 39.4. The molecule has 0 radical (unpaired) electrons. The molecule has 0 unspecified atom stereocenters. The van der Waals surface area contributed by atoms with Gasteiger partial charge in [-0.15, -0.1) is 5.10 Å². The number of unbranched alkanes of at least 4 members (excludes halogenated alkanes) is 2. The average molecular weight is 509 g/mol. The number of hydrogen-bond donors (Lipinski definition) is 5. The standard InChI is InChI=1S/C25H40N4O7/c30-12-19-22(32)23(33)24(34)25(36-19)35-13-18-11-29(28-27-18)5-3-1-2-4-20(31)26-21-16-7-14-6-15(9-16)10-17(21)8-14/h11,14-17,19,21-25,30,32-34H,1-10,12-13H2,(H,26,31)/t14?,15?,16?,17?,19-,21?,22+,23+,24-,25-/m1/s1. The molecule has 0 aromatic carbocycles. The highest BCUT2D eigenvalue weighted by molar-refractivity contribution is 5.76. The summed E-state index contributed by atoms with van der Waals surface area (Å²) in [4.78, 5) is 12.6. The molecule has 36 heavy (non-hydrogen) atoms. The van der Waals surface area contributed by atoms with E-state index < -0.39 is 37.3 Å². The predicted molar refractivity (Wildman–Crippen MR) is 126 cm³/mol. The Morgan fingerprint density at radius 3 is 2.44 bits per heavy atom. The quantitative estimate of drug-likeness (QED) is 0.261. The minimum absolute atomic E-state index is 0.00644. The van der Waals surface area contributed by atoms with Crippen molar-refractivity contribution in [1.82, 2.24) is 20.3 Å². The summed E-state index contributed by atoms with van der Waals surface area (Å²) in [5.74, 6) is 3.43. The molecule has 1 aromatic rings. The fourth-order valence-electron chi connectivity index (χ4n) is 7.04. The van der Waals surface area contributed by atoms with Crippen LogP contribution in [0.15, 0.2) is 6.20 Å². The van der Waals surface area contributed by atoms with E-state index in [0.717, 1.165) is 31.1 Å². The van der Waals surface area contributed by atoms with E-state index in [1.165, 1.54) is 32.1 Å². The second-order valence-corrected chi connectivity index (χ2v) is 11.3. The summed E-state index contributed by atoms with van der Waals surface area (Å²) >= 11 is 0. The summed E-state index contributed by atoms with van der Waals surface area (Å²) in [6, 6.07) is 0.407. The molecule has 4 saturated carbocycles. The second kappa shape index (κ2) is 11.4. The molecule has 5 N–H and O–H groups in total. The molecule has 1 amide bonds. The summed E-state index contributed by atoms with van der Waals surface area (Å²) in [5, 5.41) is 50.5. The maximum atomic E-state index is 12.6. The number of hydrogen-bond acceptors (Lipinski definition) is 9. The number of rotatable bonds is 11. The van der Waals surface area contributed by atoms with Crippen LogP contribution in [-0.4, -0.2) is 84.7 Å². The van der Waals surface area contributed by atoms with Gasteiger partial charge in [-0.2, -0.15) is 0 Å². The van der Waals surface area contributed by atoms with Gasteiger partial charge >= 0.3 is 0 Å². The number of aliphatic hydroxyl groups is 4. The van der Waals surface area contributed by atoms with E-state index in [4.69, 9.17) is 9.47 Å². The van der Waals surface area contributed by atoms with Crippen LogP contribution < -0.4 is 5.32 Å². The molecule has 11 heteroatoms. The molecule has 5 atom stereocenters. The van der Waals surface area contributed by atoms with Crippen LogP contribution in [0, 0.1) is 23.7 Å². The van der Waals surface area contributed by atoms with Crippen LogP contribution in [0.5, 0.6) is 0 Å². The van der Waals surface area contributed by atoms with Gasteiger partial charge in [0.2, 0.25) is 5.91 Å². The summed E-state index contributed by atoms with van der Waals surface area (Å²) in [7, 11) is 0. The summed E-state index contributed by atoms with van der Waals surface area (Å²) in [5.41, 5.74) is 0.530. The Hall–Kier alpha value is -1.63. The fraction of sp³-hybridized carbons (Fsp3) is 0.880. The molecule has 0 spiro atoms. The molecule has 4 aliphatic carbocycles. The van der Waals surface area contributed by atoms with Gasteiger partial charge in [0.25, 0.3) is 0 Å². The largest absolute Gasteiger partial charge is 0.394 e. The Morgan fingerprint density at radius 2 is 1.75 bits per heavy atom. The van der Waals surface area contributed by atoms with Crippen LogP contribution >= 0.6 is 0 Å². The van der Waals surface area contributed by atoms with Crippen molar-refractivity contribution in [3.05, 3.63) is 11.9 Å². The third-order valence-corrected chi connectivity index (χ3v) is 8.68. The Kier molecular flexibility index (Phi) is 8.24. The summed E-state index contributed by atoms with van der Waals surface area (Å²) in [6.45, 7) is 0.156. The minimum Gasteiger partial charge on any atom is -0.394 e. The highest BCUT2D eigenvalue weighted by Crippen LogP contribution is 2.53. The van der Waals surface area contributed by atoms with Crippen LogP contribution in [0.4, 0.5) is 0 Å². The van der Waals surface area contributed by atoms with E-state index >= 15 is 0 Å². The molecule has 2 heterocycles. The summed E-state index contributed by atoms with van der Waals surface area (Å²) in [6.07, 6.45) is 5.06. The maximum Gasteiger partial charge on any atom is 0.220 e. The number of ether oxygens (including phenoxy) is 2. The van der Waals surface area contributed by atoms with Crippen molar-refractivity contribution in [2.24, 2.45) is 23.7 Å². The third-order valence-electron chi connectivity index (χ3n) is 8.68. The van der Waals surface area contributed by atoms with Crippen molar-refractivity contribution in [2.45, 2.75) is 108 Å². The first-order chi connectivity index (χ1) is 17.4. The van der Waals surface area contributed by atoms with Crippen molar-refractivity contribution in [2.75, 3.05) is 6.61 Å². The van der Waals surface area contributed by atoms with Crippen LogP contribution in [0.1, 0.15) is 63.5 Å². The molecule has 11 nitrogen and oxygen atoms in total. The molecule has 5 aliphatic rings. The molecule has 1 aromatic heterocycles. The molecule has 202 valence electrons. The van der Waals surface area contributed by atoms with E-state index in [0.29, 0.717) is 36.5 Å². The van der Waals surface area contributed by atoms with E-state index in [2.05, 4.69) is 15.6 Å². The average Bonchev–Trinajstić information content (AvgIpc) is 3.31. The Morgan fingerprint density at radius 1 is 1.03 bits per heavy atom. The van der Waals surface area contributed by atoms with Crippen molar-refractivity contribution < 1.29 is 34.7 Å². The van der Waals surface area contributed by atoms with Gasteiger partial charge in [-0.05, 0) is 68.6 Å². The number of amides is 1. The molecular weight excluding hydrogens is 468 g/mol. The number of nitrogens with zero attached hydrogens (tertiary/aromatic N) is 3. The van der Waals surface area contributed by atoms with Gasteiger partial charge in [0.15, 0.2) is 6.29 Å². The Balaban J connectivity index is 0.971. The first kappa shape index (κ1) is 26.0. The monoisotopic (exact) mass is 508 g/mol. The molecule has 1 aliphatic heterocycles. The number of aromatic nitrogens is 3. The van der Waals surface area contributed by atoms with Gasteiger partial charge in [-0.1, -0.05) is 11.6 Å². The highest BCUT2D eigenvalue weighted by atomic mass is 16.7. The molecule has 6 rings (SSSR count). The predicted octanol–water partition coefficient (Wildman–Crippen LogP) is 0.0959. The minimum atomic E-state index is -1.48. The molecule has 4 bridgehead atoms. The van der Waals surface area contributed by atoms with Crippen LogP contribution in [0.25, 0.3) is 0 Å².